The Morgan fingerprint density at radius 3 is 2.63 bits per heavy atom. The molecule has 0 saturated carbocycles. The van der Waals surface area contributed by atoms with Crippen LogP contribution >= 0.6 is 12.2 Å². The first-order valence-electron chi connectivity index (χ1n) is 6.38. The molecule has 1 heterocycles. The summed E-state index contributed by atoms with van der Waals surface area (Å²) in [4.78, 5) is 0. The predicted octanol–water partition coefficient (Wildman–Crippen LogP) is 3.62. The minimum Gasteiger partial charge on any atom is -0.482 e. The van der Waals surface area contributed by atoms with Gasteiger partial charge < -0.3 is 9.30 Å². The van der Waals surface area contributed by atoms with E-state index in [0.29, 0.717) is 4.77 Å². The molecule has 5 heteroatoms. The zero-order valence-corrected chi connectivity index (χ0v) is 12.5. The molecule has 0 bridgehead atoms. The van der Waals surface area contributed by atoms with Crippen LogP contribution in [0, 0.1) is 18.6 Å². The highest BCUT2D eigenvalue weighted by atomic mass is 32.1. The Labute approximate surface area is 118 Å². The van der Waals surface area contributed by atoms with Crippen LogP contribution in [-0.2, 0) is 7.05 Å². The Balaban J connectivity index is 2.26. The lowest BCUT2D eigenvalue weighted by Crippen LogP contribution is -2.12. The van der Waals surface area contributed by atoms with Crippen LogP contribution in [0.3, 0.4) is 0 Å². The predicted molar refractivity (Wildman–Crippen MR) is 78.0 cm³/mol. The lowest BCUT2D eigenvalue weighted by Gasteiger charge is -2.17. The van der Waals surface area contributed by atoms with Crippen LogP contribution in [-0.4, -0.2) is 14.8 Å². The summed E-state index contributed by atoms with van der Waals surface area (Å²) in [6.07, 6.45) is 0.737. The summed E-state index contributed by atoms with van der Waals surface area (Å²) in [5.74, 6) is 1.69. The molecule has 1 aromatic carbocycles. The summed E-state index contributed by atoms with van der Waals surface area (Å²) in [5, 5.41) is 7.04. The van der Waals surface area contributed by atoms with Gasteiger partial charge in [-0.2, -0.15) is 5.10 Å². The number of benzene rings is 1. The molecular formula is C14H19N3OS. The number of nitrogens with one attached hydrogen (secondary N) is 1. The standard InChI is InChI=1S/C14H19N3OS/c1-5-12(13-15-16-14(19)17(13)4)18-11-7-6-9(2)10(3)8-11/h6-8,12H,5H2,1-4H3,(H,16,19). The van der Waals surface area contributed by atoms with Gasteiger partial charge in [0.25, 0.3) is 0 Å². The molecular weight excluding hydrogens is 258 g/mol. The van der Waals surface area contributed by atoms with Crippen LogP contribution in [0.5, 0.6) is 5.75 Å². The zero-order valence-electron chi connectivity index (χ0n) is 11.7. The van der Waals surface area contributed by atoms with Crippen molar-refractivity contribution in [3.05, 3.63) is 39.9 Å². The highest BCUT2D eigenvalue weighted by molar-refractivity contribution is 7.71. The summed E-state index contributed by atoms with van der Waals surface area (Å²) in [6, 6.07) is 6.12. The molecule has 0 aliphatic carbocycles. The Morgan fingerprint density at radius 2 is 2.11 bits per heavy atom. The van der Waals surface area contributed by atoms with Crippen LogP contribution in [0.1, 0.15) is 36.4 Å². The summed E-state index contributed by atoms with van der Waals surface area (Å²) in [7, 11) is 1.90. The van der Waals surface area contributed by atoms with Gasteiger partial charge in [0, 0.05) is 7.05 Å². The van der Waals surface area contributed by atoms with Gasteiger partial charge in [-0.25, -0.2) is 0 Å². The van der Waals surface area contributed by atoms with Crippen LogP contribution in [0.25, 0.3) is 0 Å². The Kier molecular flexibility index (Phi) is 4.04. The van der Waals surface area contributed by atoms with E-state index in [1.165, 1.54) is 11.1 Å². The first-order chi connectivity index (χ1) is 9.02. The van der Waals surface area contributed by atoms with E-state index in [-0.39, 0.29) is 6.10 Å². The van der Waals surface area contributed by atoms with E-state index in [4.69, 9.17) is 17.0 Å². The largest absolute Gasteiger partial charge is 0.482 e. The Bertz CT molecular complexity index is 630. The first kappa shape index (κ1) is 13.8. The number of ether oxygens (including phenoxy) is 1. The number of aromatic nitrogens is 3. The molecule has 0 amide bonds. The normalized spacial score (nSPS) is 12.4. The fraction of sp³-hybridized carbons (Fsp3) is 0.429. The minimum atomic E-state index is -0.0972. The lowest BCUT2D eigenvalue weighted by atomic mass is 10.1. The molecule has 1 atom stereocenters. The molecule has 1 aromatic heterocycles. The fourth-order valence-electron chi connectivity index (χ4n) is 1.92. The van der Waals surface area contributed by atoms with E-state index in [1.54, 1.807) is 0 Å². The number of hydrogen-bond donors (Lipinski definition) is 1. The molecule has 19 heavy (non-hydrogen) atoms. The van der Waals surface area contributed by atoms with Crippen LogP contribution < -0.4 is 4.74 Å². The van der Waals surface area contributed by atoms with Gasteiger partial charge in [-0.1, -0.05) is 13.0 Å². The fourth-order valence-corrected chi connectivity index (χ4v) is 2.06. The van der Waals surface area contributed by atoms with Gasteiger partial charge in [-0.05, 0) is 55.7 Å². The second-order valence-corrected chi connectivity index (χ2v) is 5.09. The van der Waals surface area contributed by atoms with Crippen molar-refractivity contribution in [1.29, 1.82) is 0 Å². The van der Waals surface area contributed by atoms with Gasteiger partial charge >= 0.3 is 0 Å². The van der Waals surface area contributed by atoms with Crippen LogP contribution in [0.15, 0.2) is 18.2 Å². The van der Waals surface area contributed by atoms with Crippen LogP contribution in [0.4, 0.5) is 0 Å². The van der Waals surface area contributed by atoms with Crippen molar-refractivity contribution in [2.45, 2.75) is 33.3 Å². The SMILES string of the molecule is CCC(Oc1ccc(C)c(C)c1)c1n[nH]c(=S)n1C. The molecule has 0 fully saturated rings. The maximum atomic E-state index is 6.03. The quantitative estimate of drug-likeness (QED) is 0.868. The average Bonchev–Trinajstić information content (AvgIpc) is 2.72. The molecule has 1 unspecified atom stereocenters. The molecule has 0 spiro atoms. The maximum Gasteiger partial charge on any atom is 0.195 e. The van der Waals surface area contributed by atoms with E-state index in [1.807, 2.05) is 17.7 Å². The molecule has 102 valence electrons. The van der Waals surface area contributed by atoms with E-state index in [2.05, 4.69) is 43.1 Å². The highest BCUT2D eigenvalue weighted by Crippen LogP contribution is 2.25. The zero-order chi connectivity index (χ0) is 14.0. The molecule has 0 aliphatic heterocycles. The van der Waals surface area contributed by atoms with Gasteiger partial charge in [0.15, 0.2) is 16.7 Å². The molecule has 2 aromatic rings. The minimum absolute atomic E-state index is 0.0972. The van der Waals surface area contributed by atoms with Crippen molar-refractivity contribution in [3.8, 4) is 5.75 Å². The Hall–Kier alpha value is -1.62. The monoisotopic (exact) mass is 277 g/mol. The second-order valence-electron chi connectivity index (χ2n) is 4.71. The van der Waals surface area contributed by atoms with Crippen molar-refractivity contribution in [1.82, 2.24) is 14.8 Å². The molecule has 2 rings (SSSR count). The molecule has 4 nitrogen and oxygen atoms in total. The topological polar surface area (TPSA) is 42.8 Å². The second kappa shape index (κ2) is 5.57. The van der Waals surface area contributed by atoms with Crippen molar-refractivity contribution in [3.63, 3.8) is 0 Å². The lowest BCUT2D eigenvalue weighted by molar-refractivity contribution is 0.187. The van der Waals surface area contributed by atoms with Crippen LogP contribution in [0.2, 0.25) is 0 Å². The number of H-pyrrole nitrogens is 1. The van der Waals surface area contributed by atoms with E-state index >= 15 is 0 Å². The molecule has 0 saturated heterocycles. The van der Waals surface area contributed by atoms with Gasteiger partial charge in [-0.15, -0.1) is 0 Å². The van der Waals surface area contributed by atoms with Gasteiger partial charge in [0.1, 0.15) is 5.75 Å². The number of hydrogen-bond acceptors (Lipinski definition) is 3. The number of rotatable bonds is 4. The number of aromatic amines is 1. The average molecular weight is 277 g/mol. The first-order valence-corrected chi connectivity index (χ1v) is 6.79. The van der Waals surface area contributed by atoms with Gasteiger partial charge in [0.2, 0.25) is 0 Å². The molecule has 1 N–H and O–H groups in total. The molecule has 0 radical (unpaired) electrons. The van der Waals surface area contributed by atoms with E-state index in [0.717, 1.165) is 18.0 Å². The van der Waals surface area contributed by atoms with Crippen molar-refractivity contribution in [2.75, 3.05) is 0 Å². The van der Waals surface area contributed by atoms with Crippen molar-refractivity contribution < 1.29 is 4.74 Å². The van der Waals surface area contributed by atoms with Crippen molar-refractivity contribution in [2.24, 2.45) is 7.05 Å². The van der Waals surface area contributed by atoms with Crippen molar-refractivity contribution >= 4 is 12.2 Å². The third-order valence-corrected chi connectivity index (χ3v) is 3.70. The number of aryl methyl sites for hydroxylation is 2. The maximum absolute atomic E-state index is 6.03. The third kappa shape index (κ3) is 2.87. The van der Waals surface area contributed by atoms with E-state index in [9.17, 15) is 0 Å². The smallest absolute Gasteiger partial charge is 0.195 e. The van der Waals surface area contributed by atoms with Gasteiger partial charge in [-0.3, -0.25) is 5.10 Å². The molecule has 0 aliphatic rings. The third-order valence-electron chi connectivity index (χ3n) is 3.33. The number of nitrogens with zero attached hydrogens (tertiary/aromatic N) is 2. The summed E-state index contributed by atoms with van der Waals surface area (Å²) < 4.78 is 8.49. The summed E-state index contributed by atoms with van der Waals surface area (Å²) in [6.45, 7) is 6.25. The van der Waals surface area contributed by atoms with E-state index < -0.39 is 0 Å². The summed E-state index contributed by atoms with van der Waals surface area (Å²) >= 11 is 5.13. The highest BCUT2D eigenvalue weighted by Gasteiger charge is 2.17. The Morgan fingerprint density at radius 1 is 1.37 bits per heavy atom. The van der Waals surface area contributed by atoms with Gasteiger partial charge in [0.05, 0.1) is 0 Å². The summed E-state index contributed by atoms with van der Waals surface area (Å²) in [5.41, 5.74) is 2.49.